The summed E-state index contributed by atoms with van der Waals surface area (Å²) in [5.74, 6) is -1.93. The quantitative estimate of drug-likeness (QED) is 0.439. The maximum atomic E-state index is 14.4. The first-order valence-electron chi connectivity index (χ1n) is 10.7. The smallest absolute Gasteiger partial charge is 0.244 e. The first-order chi connectivity index (χ1) is 16.0. The first-order valence-corrected chi connectivity index (χ1v) is 13.3. The van der Waals surface area contributed by atoms with Gasteiger partial charge in [0.05, 0.1) is 11.9 Å². The highest BCUT2D eigenvalue weighted by Crippen LogP contribution is 2.27. The number of halogens is 3. The number of amides is 2. The van der Waals surface area contributed by atoms with Crippen LogP contribution in [-0.2, 0) is 26.2 Å². The predicted molar refractivity (Wildman–Crippen MR) is 133 cm³/mol. The van der Waals surface area contributed by atoms with Crippen LogP contribution in [0, 0.1) is 5.82 Å². The van der Waals surface area contributed by atoms with Crippen molar-refractivity contribution in [2.75, 3.05) is 23.7 Å². The van der Waals surface area contributed by atoms with Gasteiger partial charge in [-0.1, -0.05) is 54.7 Å². The minimum absolute atomic E-state index is 0.144. The van der Waals surface area contributed by atoms with Crippen molar-refractivity contribution >= 4 is 50.7 Å². The number of hydrogen-bond donors (Lipinski definition) is 1. The van der Waals surface area contributed by atoms with E-state index in [9.17, 15) is 22.4 Å². The summed E-state index contributed by atoms with van der Waals surface area (Å²) in [6.07, 6.45) is 2.51. The van der Waals surface area contributed by atoms with Crippen LogP contribution in [0.25, 0.3) is 0 Å². The number of carbonyl (C=O) groups is 2. The molecule has 0 aromatic heterocycles. The van der Waals surface area contributed by atoms with E-state index in [1.807, 2.05) is 6.92 Å². The van der Waals surface area contributed by atoms with Gasteiger partial charge in [0.2, 0.25) is 21.8 Å². The van der Waals surface area contributed by atoms with Crippen molar-refractivity contribution in [3.63, 3.8) is 0 Å². The van der Waals surface area contributed by atoms with Gasteiger partial charge >= 0.3 is 0 Å². The number of hydrogen-bond acceptors (Lipinski definition) is 4. The Morgan fingerprint density at radius 1 is 1.09 bits per heavy atom. The van der Waals surface area contributed by atoms with Gasteiger partial charge in [0, 0.05) is 28.7 Å². The lowest BCUT2D eigenvalue weighted by Gasteiger charge is -2.32. The fourth-order valence-corrected chi connectivity index (χ4v) is 4.59. The molecule has 0 fully saturated rings. The van der Waals surface area contributed by atoms with E-state index < -0.39 is 40.2 Å². The van der Waals surface area contributed by atoms with E-state index in [4.69, 9.17) is 23.2 Å². The van der Waals surface area contributed by atoms with Crippen molar-refractivity contribution < 1.29 is 22.4 Å². The molecule has 0 saturated carbocycles. The maximum Gasteiger partial charge on any atom is 0.244 e. The topological polar surface area (TPSA) is 86.8 Å². The standard InChI is InChI=1S/C23H28Cl2FN3O4S/c1-4-5-13-27-23(31)16(2)28(14-17-18(24)9-8-10-19(17)25)22(30)15-29(34(3,32)33)21-12-7-6-11-20(21)26/h6-12,16H,4-5,13-15H2,1-3H3,(H,27,31). The Hall–Kier alpha value is -2.36. The number of nitrogens with zero attached hydrogens (tertiary/aromatic N) is 2. The third-order valence-electron chi connectivity index (χ3n) is 5.19. The average molecular weight is 532 g/mol. The summed E-state index contributed by atoms with van der Waals surface area (Å²) in [6.45, 7) is 3.08. The van der Waals surface area contributed by atoms with Crippen LogP contribution < -0.4 is 9.62 Å². The highest BCUT2D eigenvalue weighted by molar-refractivity contribution is 7.92. The Morgan fingerprint density at radius 3 is 2.26 bits per heavy atom. The molecule has 0 bridgehead atoms. The van der Waals surface area contributed by atoms with Gasteiger partial charge < -0.3 is 10.2 Å². The van der Waals surface area contributed by atoms with E-state index in [-0.39, 0.29) is 22.3 Å². The highest BCUT2D eigenvalue weighted by atomic mass is 35.5. The summed E-state index contributed by atoms with van der Waals surface area (Å²) in [5, 5.41) is 3.35. The lowest BCUT2D eigenvalue weighted by Crippen LogP contribution is -2.51. The van der Waals surface area contributed by atoms with Crippen molar-refractivity contribution in [3.05, 3.63) is 63.9 Å². The summed E-state index contributed by atoms with van der Waals surface area (Å²) < 4.78 is 40.0. The van der Waals surface area contributed by atoms with Crippen molar-refractivity contribution in [1.29, 1.82) is 0 Å². The number of unbranched alkanes of at least 4 members (excludes halogenated alkanes) is 1. The molecule has 0 aliphatic carbocycles. The van der Waals surface area contributed by atoms with E-state index >= 15 is 0 Å². The SMILES string of the molecule is CCCCNC(=O)C(C)N(Cc1c(Cl)cccc1Cl)C(=O)CN(c1ccccc1F)S(C)(=O)=O. The van der Waals surface area contributed by atoms with Gasteiger partial charge in [-0.25, -0.2) is 12.8 Å². The molecule has 0 radical (unpaired) electrons. The van der Waals surface area contributed by atoms with Gasteiger partial charge in [0.25, 0.3) is 0 Å². The number of sulfonamides is 1. The number of nitrogens with one attached hydrogen (secondary N) is 1. The molecule has 34 heavy (non-hydrogen) atoms. The van der Waals surface area contributed by atoms with E-state index in [1.165, 1.54) is 30.0 Å². The minimum Gasteiger partial charge on any atom is -0.354 e. The molecule has 186 valence electrons. The highest BCUT2D eigenvalue weighted by Gasteiger charge is 2.31. The van der Waals surface area contributed by atoms with Crippen LogP contribution in [0.15, 0.2) is 42.5 Å². The number of anilines is 1. The molecular weight excluding hydrogens is 504 g/mol. The van der Waals surface area contributed by atoms with Gasteiger partial charge in [-0.2, -0.15) is 0 Å². The molecular formula is C23H28Cl2FN3O4S. The van der Waals surface area contributed by atoms with Crippen molar-refractivity contribution in [2.24, 2.45) is 0 Å². The normalized spacial score (nSPS) is 12.2. The van der Waals surface area contributed by atoms with E-state index in [0.717, 1.165) is 25.2 Å². The van der Waals surface area contributed by atoms with Crippen molar-refractivity contribution in [2.45, 2.75) is 39.3 Å². The molecule has 11 heteroatoms. The molecule has 0 saturated heterocycles. The summed E-state index contributed by atoms with van der Waals surface area (Å²) in [4.78, 5) is 27.4. The molecule has 2 aromatic rings. The Labute approximate surface area is 209 Å². The second kappa shape index (κ2) is 12.4. The molecule has 7 nitrogen and oxygen atoms in total. The third-order valence-corrected chi connectivity index (χ3v) is 7.02. The largest absolute Gasteiger partial charge is 0.354 e. The van der Waals surface area contributed by atoms with Crippen molar-refractivity contribution in [1.82, 2.24) is 10.2 Å². The summed E-state index contributed by atoms with van der Waals surface area (Å²) >= 11 is 12.6. The molecule has 2 rings (SSSR count). The average Bonchev–Trinajstić information content (AvgIpc) is 2.76. The molecule has 2 amide bonds. The third kappa shape index (κ3) is 7.32. The second-order valence-electron chi connectivity index (χ2n) is 7.76. The number of carbonyl (C=O) groups excluding carboxylic acids is 2. The van der Waals surface area contributed by atoms with Gasteiger partial charge in [-0.3, -0.25) is 13.9 Å². The van der Waals surface area contributed by atoms with Crippen LogP contribution in [0.4, 0.5) is 10.1 Å². The number of para-hydroxylation sites is 1. The molecule has 0 aliphatic heterocycles. The lowest BCUT2D eigenvalue weighted by atomic mass is 10.1. The van der Waals surface area contributed by atoms with E-state index in [1.54, 1.807) is 18.2 Å². The number of rotatable bonds is 11. The Kier molecular flexibility index (Phi) is 10.1. The zero-order valence-electron chi connectivity index (χ0n) is 19.2. The molecule has 0 aliphatic rings. The Balaban J connectivity index is 2.42. The predicted octanol–water partition coefficient (Wildman–Crippen LogP) is 4.23. The molecule has 1 N–H and O–H groups in total. The maximum absolute atomic E-state index is 14.4. The zero-order chi connectivity index (χ0) is 25.5. The molecule has 0 spiro atoms. The van der Waals surface area contributed by atoms with Crippen molar-refractivity contribution in [3.8, 4) is 0 Å². The van der Waals surface area contributed by atoms with Crippen LogP contribution in [0.1, 0.15) is 32.3 Å². The second-order valence-corrected chi connectivity index (χ2v) is 10.5. The first kappa shape index (κ1) is 27.9. The van der Waals surface area contributed by atoms with Crippen LogP contribution in [0.3, 0.4) is 0 Å². The molecule has 1 atom stereocenters. The molecule has 1 unspecified atom stereocenters. The van der Waals surface area contributed by atoms with Gasteiger partial charge in [-0.15, -0.1) is 0 Å². The van der Waals surface area contributed by atoms with E-state index in [0.29, 0.717) is 16.4 Å². The minimum atomic E-state index is -4.03. The monoisotopic (exact) mass is 531 g/mol. The summed E-state index contributed by atoms with van der Waals surface area (Å²) in [6, 6.07) is 9.10. The van der Waals surface area contributed by atoms with E-state index in [2.05, 4.69) is 5.32 Å². The lowest BCUT2D eigenvalue weighted by molar-refractivity contribution is -0.139. The van der Waals surface area contributed by atoms with Crippen LogP contribution in [0.2, 0.25) is 10.0 Å². The summed E-state index contributed by atoms with van der Waals surface area (Å²) in [7, 11) is -4.03. The summed E-state index contributed by atoms with van der Waals surface area (Å²) in [5.41, 5.74) is 0.137. The zero-order valence-corrected chi connectivity index (χ0v) is 21.6. The molecule has 0 heterocycles. The van der Waals surface area contributed by atoms with Gasteiger partial charge in [0.1, 0.15) is 18.4 Å². The number of benzene rings is 2. The van der Waals surface area contributed by atoms with Crippen LogP contribution in [0.5, 0.6) is 0 Å². The Morgan fingerprint density at radius 2 is 1.71 bits per heavy atom. The van der Waals surface area contributed by atoms with Crippen LogP contribution in [-0.4, -0.2) is 50.5 Å². The van der Waals surface area contributed by atoms with Gasteiger partial charge in [-0.05, 0) is 37.6 Å². The van der Waals surface area contributed by atoms with Crippen LogP contribution >= 0.6 is 23.2 Å². The Bertz CT molecular complexity index is 1110. The van der Waals surface area contributed by atoms with Gasteiger partial charge in [0.15, 0.2) is 0 Å². The fraction of sp³-hybridized carbons (Fsp3) is 0.391. The fourth-order valence-electron chi connectivity index (χ4n) is 3.22. The molecule has 2 aromatic carbocycles.